The number of imidazole rings is 1. The fraction of sp³-hybridized carbons (Fsp3) is 0.364. The Hall–Kier alpha value is -3.50. The Balaban J connectivity index is 0.000000247. The van der Waals surface area contributed by atoms with E-state index in [2.05, 4.69) is 33.3 Å². The second kappa shape index (κ2) is 9.33. The zero-order chi connectivity index (χ0) is 23.6. The van der Waals surface area contributed by atoms with Gasteiger partial charge < -0.3 is 29.6 Å². The number of rotatable bonds is 5. The van der Waals surface area contributed by atoms with Crippen molar-refractivity contribution in [1.82, 2.24) is 14.1 Å². The van der Waals surface area contributed by atoms with Gasteiger partial charge in [0.1, 0.15) is 5.82 Å². The van der Waals surface area contributed by atoms with Gasteiger partial charge in [-0.15, -0.1) is 0 Å². The minimum atomic E-state index is -2.27. The topological polar surface area (TPSA) is 155 Å². The number of nitrogens with zero attached hydrogens (tertiary/aromatic N) is 3. The lowest BCUT2D eigenvalue weighted by molar-refractivity contribution is -0.165. The van der Waals surface area contributed by atoms with Gasteiger partial charge in [-0.1, -0.05) is 18.2 Å². The molecule has 10 heteroatoms. The molecule has 1 aliphatic rings. The fourth-order valence-corrected chi connectivity index (χ4v) is 3.94. The molecule has 3 atom stereocenters. The number of fused-ring (bicyclic) bond motifs is 3. The Morgan fingerprint density at radius 3 is 2.34 bits per heavy atom. The van der Waals surface area contributed by atoms with Crippen LogP contribution in [0, 0.1) is 12.8 Å². The standard InChI is InChI=1S/C18H19N3O.C4H6O6/c1-12-19-9-10-21(12)11-13-7-8-16-17(18(13)22)14-5-3-4-6-15(14)20(16)2;5-1(3(7)8)2(6)4(9)10/h3-6,9-10,13H,7-8,11H2,1-2H3;1-2,5-6H,(H,7,8)(H,9,10). The van der Waals surface area contributed by atoms with Crippen molar-refractivity contribution in [2.45, 2.75) is 38.5 Å². The highest BCUT2D eigenvalue weighted by molar-refractivity contribution is 6.11. The van der Waals surface area contributed by atoms with E-state index in [1.54, 1.807) is 6.20 Å². The van der Waals surface area contributed by atoms with Crippen molar-refractivity contribution in [3.8, 4) is 0 Å². The molecule has 170 valence electrons. The van der Waals surface area contributed by atoms with Crippen LogP contribution in [0.25, 0.3) is 10.9 Å². The lowest BCUT2D eigenvalue weighted by atomic mass is 9.85. The van der Waals surface area contributed by atoms with Gasteiger partial charge in [0.2, 0.25) is 0 Å². The number of hydrogen-bond donors (Lipinski definition) is 4. The summed E-state index contributed by atoms with van der Waals surface area (Å²) in [6.07, 6.45) is 1.10. The molecule has 0 spiro atoms. The maximum atomic E-state index is 13.0. The molecule has 1 aliphatic carbocycles. The Morgan fingerprint density at radius 1 is 1.16 bits per heavy atom. The molecular weight excluding hydrogens is 418 g/mol. The SMILES string of the molecule is Cc1nccn1CC1CCc2c(c3ccccc3n2C)C1=O.O=C(O)C(O)C(O)C(=O)O. The first-order valence-corrected chi connectivity index (χ1v) is 10.0. The first-order valence-electron chi connectivity index (χ1n) is 10.0. The normalized spacial score (nSPS) is 17.2. The van der Waals surface area contributed by atoms with Gasteiger partial charge in [0.25, 0.3) is 0 Å². The number of aliphatic carboxylic acids is 2. The Bertz CT molecular complexity index is 1150. The van der Waals surface area contributed by atoms with Crippen LogP contribution in [0.4, 0.5) is 0 Å². The molecule has 0 amide bonds. The van der Waals surface area contributed by atoms with Crippen molar-refractivity contribution in [1.29, 1.82) is 0 Å². The lowest BCUT2D eigenvalue weighted by Gasteiger charge is -2.23. The second-order valence-electron chi connectivity index (χ2n) is 7.69. The van der Waals surface area contributed by atoms with Gasteiger partial charge >= 0.3 is 11.9 Å². The summed E-state index contributed by atoms with van der Waals surface area (Å²) in [7, 11) is 2.06. The van der Waals surface area contributed by atoms with Crippen LogP contribution < -0.4 is 0 Å². The number of Topliss-reactive ketones (excluding diaryl/α,β-unsaturated/α-hetero) is 1. The van der Waals surface area contributed by atoms with Gasteiger partial charge in [-0.3, -0.25) is 4.79 Å². The molecule has 0 aliphatic heterocycles. The molecule has 4 N–H and O–H groups in total. The molecule has 3 unspecified atom stereocenters. The summed E-state index contributed by atoms with van der Waals surface area (Å²) >= 11 is 0. The van der Waals surface area contributed by atoms with Gasteiger partial charge in [-0.2, -0.15) is 0 Å². The molecular formula is C22H25N3O7. The average Bonchev–Trinajstić information content (AvgIpc) is 3.30. The quantitative estimate of drug-likeness (QED) is 0.455. The Morgan fingerprint density at radius 2 is 1.78 bits per heavy atom. The number of aryl methyl sites for hydroxylation is 2. The van der Waals surface area contributed by atoms with Crippen LogP contribution in [0.15, 0.2) is 36.7 Å². The van der Waals surface area contributed by atoms with E-state index >= 15 is 0 Å². The summed E-state index contributed by atoms with van der Waals surface area (Å²) in [4.78, 5) is 36.8. The summed E-state index contributed by atoms with van der Waals surface area (Å²) in [6.45, 7) is 2.71. The van der Waals surface area contributed by atoms with Crippen molar-refractivity contribution >= 4 is 28.6 Å². The second-order valence-corrected chi connectivity index (χ2v) is 7.69. The molecule has 0 bridgehead atoms. The zero-order valence-electron chi connectivity index (χ0n) is 17.7. The highest BCUT2D eigenvalue weighted by Crippen LogP contribution is 2.34. The highest BCUT2D eigenvalue weighted by Gasteiger charge is 2.32. The van der Waals surface area contributed by atoms with E-state index in [1.165, 1.54) is 5.69 Å². The van der Waals surface area contributed by atoms with Crippen LogP contribution in [0.2, 0.25) is 0 Å². The van der Waals surface area contributed by atoms with Gasteiger partial charge in [0, 0.05) is 54.1 Å². The van der Waals surface area contributed by atoms with Crippen LogP contribution in [0.1, 0.15) is 28.3 Å². The summed E-state index contributed by atoms with van der Waals surface area (Å²) in [5.41, 5.74) is 3.28. The van der Waals surface area contributed by atoms with Crippen LogP contribution >= 0.6 is 0 Å². The summed E-state index contributed by atoms with van der Waals surface area (Å²) in [5.74, 6) is -2.24. The highest BCUT2D eigenvalue weighted by atomic mass is 16.4. The average molecular weight is 443 g/mol. The lowest BCUT2D eigenvalue weighted by Crippen LogP contribution is -2.39. The largest absolute Gasteiger partial charge is 0.479 e. The number of carbonyl (C=O) groups is 3. The van der Waals surface area contributed by atoms with Crippen LogP contribution in [0.3, 0.4) is 0 Å². The molecule has 32 heavy (non-hydrogen) atoms. The van der Waals surface area contributed by atoms with Crippen LogP contribution in [0.5, 0.6) is 0 Å². The number of para-hydroxylation sites is 1. The molecule has 2 heterocycles. The molecule has 0 fully saturated rings. The van der Waals surface area contributed by atoms with Crippen molar-refractivity contribution in [3.05, 3.63) is 53.7 Å². The van der Waals surface area contributed by atoms with E-state index in [9.17, 15) is 14.4 Å². The van der Waals surface area contributed by atoms with Crippen molar-refractivity contribution in [3.63, 3.8) is 0 Å². The van der Waals surface area contributed by atoms with E-state index in [-0.39, 0.29) is 11.7 Å². The molecule has 4 rings (SSSR count). The van der Waals surface area contributed by atoms with E-state index in [1.807, 2.05) is 25.3 Å². The minimum absolute atomic E-state index is 0.0474. The Kier molecular flexibility index (Phi) is 6.75. The van der Waals surface area contributed by atoms with Crippen molar-refractivity contribution < 1.29 is 34.8 Å². The van der Waals surface area contributed by atoms with E-state index in [0.29, 0.717) is 0 Å². The summed E-state index contributed by atoms with van der Waals surface area (Å²) in [5, 5.41) is 33.6. The van der Waals surface area contributed by atoms with Gasteiger partial charge in [-0.25, -0.2) is 14.6 Å². The molecule has 0 saturated heterocycles. The maximum absolute atomic E-state index is 13.0. The first kappa shape index (κ1) is 23.2. The number of benzene rings is 1. The van der Waals surface area contributed by atoms with E-state index in [0.717, 1.165) is 41.7 Å². The predicted octanol–water partition coefficient (Wildman–Crippen LogP) is 1.01. The number of carboxylic acids is 2. The fourth-order valence-electron chi connectivity index (χ4n) is 3.94. The third kappa shape index (κ3) is 4.41. The molecule has 3 aromatic rings. The number of ketones is 1. The molecule has 0 radical (unpaired) electrons. The smallest absolute Gasteiger partial charge is 0.335 e. The maximum Gasteiger partial charge on any atom is 0.335 e. The van der Waals surface area contributed by atoms with Crippen LogP contribution in [-0.4, -0.2) is 64.5 Å². The zero-order valence-corrected chi connectivity index (χ0v) is 17.7. The van der Waals surface area contributed by atoms with Gasteiger partial charge in [0.05, 0.1) is 0 Å². The third-order valence-corrected chi connectivity index (χ3v) is 5.72. The Labute approximate surface area is 183 Å². The number of aliphatic hydroxyl groups excluding tert-OH is 2. The number of aliphatic hydroxyl groups is 2. The summed E-state index contributed by atoms with van der Waals surface area (Å²) < 4.78 is 4.26. The number of carboxylic acid groups (broad SMARTS) is 2. The number of hydrogen-bond acceptors (Lipinski definition) is 6. The van der Waals surface area contributed by atoms with Gasteiger partial charge in [0.15, 0.2) is 18.0 Å². The van der Waals surface area contributed by atoms with E-state index < -0.39 is 24.1 Å². The molecule has 0 saturated carbocycles. The van der Waals surface area contributed by atoms with Gasteiger partial charge in [-0.05, 0) is 25.8 Å². The molecule has 1 aromatic carbocycles. The first-order chi connectivity index (χ1) is 15.1. The molecule has 10 nitrogen and oxygen atoms in total. The van der Waals surface area contributed by atoms with Crippen LogP contribution in [-0.2, 0) is 29.6 Å². The third-order valence-electron chi connectivity index (χ3n) is 5.72. The predicted molar refractivity (Wildman–Crippen MR) is 113 cm³/mol. The molecule has 2 aromatic heterocycles. The van der Waals surface area contributed by atoms with Crippen molar-refractivity contribution in [2.24, 2.45) is 13.0 Å². The summed E-state index contributed by atoms with van der Waals surface area (Å²) in [6, 6.07) is 8.21. The monoisotopic (exact) mass is 443 g/mol. The van der Waals surface area contributed by atoms with Crippen molar-refractivity contribution in [2.75, 3.05) is 0 Å². The minimum Gasteiger partial charge on any atom is -0.479 e. The number of aromatic nitrogens is 3. The van der Waals surface area contributed by atoms with E-state index in [4.69, 9.17) is 20.4 Å². The number of carbonyl (C=O) groups excluding carboxylic acids is 1.